The lowest BCUT2D eigenvalue weighted by Crippen LogP contribution is -2.56. The molecule has 0 saturated heterocycles. The number of methoxy groups -OCH3 is 1. The molecule has 0 heterocycles. The molecule has 0 unspecified atom stereocenters. The number of nitrogens with one attached hydrogen (secondary N) is 3. The average Bonchev–Trinajstić information content (AvgIpc) is 3.06. The minimum Gasteiger partial charge on any atom is -0.467 e. The molecule has 0 aliphatic heterocycles. The van der Waals surface area contributed by atoms with E-state index in [0.717, 1.165) is 38.2 Å². The first kappa shape index (κ1) is 33.9. The standard InChI is InChI=1S/C37H42N4O5/c1-4-11-32(37(45)46-3)41-35(43)31(16-9-10-21-38)40-36(44)33(39-24(2)42)22-25-17-19-26(20-18-25)34-29-14-7-5-12-27(29)23-28-13-6-8-15-30(28)34/h4-8,12-15,17-20,23,31-33H,1,9-11,16,21-22,38H2,2-3H3,(H,39,42)(H,40,44)(H,41,43)/t31-,32-,33-/m0/s1. The Balaban J connectivity index is 1.56. The van der Waals surface area contributed by atoms with Crippen LogP contribution in [0.4, 0.5) is 0 Å². The lowest BCUT2D eigenvalue weighted by Gasteiger charge is -2.24. The first-order valence-corrected chi connectivity index (χ1v) is 15.5. The number of rotatable bonds is 15. The molecule has 4 aromatic carbocycles. The van der Waals surface area contributed by atoms with Crippen molar-refractivity contribution < 1.29 is 23.9 Å². The molecule has 5 N–H and O–H groups in total. The normalized spacial score (nSPS) is 12.9. The van der Waals surface area contributed by atoms with E-state index in [9.17, 15) is 19.2 Å². The summed E-state index contributed by atoms with van der Waals surface area (Å²) in [4.78, 5) is 51.2. The van der Waals surface area contributed by atoms with Crippen molar-refractivity contribution in [2.75, 3.05) is 13.7 Å². The van der Waals surface area contributed by atoms with E-state index in [4.69, 9.17) is 10.5 Å². The monoisotopic (exact) mass is 622 g/mol. The fraction of sp³-hybridized carbons (Fsp3) is 0.297. The predicted octanol–water partition coefficient (Wildman–Crippen LogP) is 4.55. The van der Waals surface area contributed by atoms with Gasteiger partial charge in [-0.05, 0) is 76.5 Å². The highest BCUT2D eigenvalue weighted by Gasteiger charge is 2.29. The highest BCUT2D eigenvalue weighted by molar-refractivity contribution is 6.12. The van der Waals surface area contributed by atoms with Crippen LogP contribution in [0.25, 0.3) is 32.7 Å². The Hall–Kier alpha value is -5.02. The van der Waals surface area contributed by atoms with Crippen molar-refractivity contribution in [3.63, 3.8) is 0 Å². The van der Waals surface area contributed by atoms with Gasteiger partial charge in [-0.15, -0.1) is 6.58 Å². The van der Waals surface area contributed by atoms with Crippen LogP contribution >= 0.6 is 0 Å². The Morgan fingerprint density at radius 1 is 0.804 bits per heavy atom. The van der Waals surface area contributed by atoms with Gasteiger partial charge in [0.15, 0.2) is 0 Å². The van der Waals surface area contributed by atoms with Crippen LogP contribution in [0.3, 0.4) is 0 Å². The van der Waals surface area contributed by atoms with Crippen LogP contribution in [0, 0.1) is 0 Å². The van der Waals surface area contributed by atoms with Gasteiger partial charge in [-0.2, -0.15) is 0 Å². The van der Waals surface area contributed by atoms with Crippen molar-refractivity contribution in [3.8, 4) is 11.1 Å². The summed E-state index contributed by atoms with van der Waals surface area (Å²) in [7, 11) is 1.24. The maximum atomic E-state index is 13.6. The second kappa shape index (κ2) is 16.3. The van der Waals surface area contributed by atoms with Gasteiger partial charge in [0.2, 0.25) is 17.7 Å². The minimum absolute atomic E-state index is 0.168. The summed E-state index contributed by atoms with van der Waals surface area (Å²) >= 11 is 0. The highest BCUT2D eigenvalue weighted by Crippen LogP contribution is 2.36. The van der Waals surface area contributed by atoms with Gasteiger partial charge in [-0.25, -0.2) is 4.79 Å². The molecule has 240 valence electrons. The van der Waals surface area contributed by atoms with Crippen LogP contribution in [0.15, 0.2) is 91.5 Å². The smallest absolute Gasteiger partial charge is 0.328 e. The quantitative estimate of drug-likeness (QED) is 0.0664. The van der Waals surface area contributed by atoms with Gasteiger partial charge in [-0.3, -0.25) is 14.4 Å². The second-order valence-corrected chi connectivity index (χ2v) is 11.3. The average molecular weight is 623 g/mol. The fourth-order valence-corrected chi connectivity index (χ4v) is 5.65. The zero-order valence-electron chi connectivity index (χ0n) is 26.4. The molecule has 0 aromatic heterocycles. The second-order valence-electron chi connectivity index (χ2n) is 11.3. The lowest BCUT2D eigenvalue weighted by atomic mass is 9.91. The topological polar surface area (TPSA) is 140 Å². The van der Waals surface area contributed by atoms with Crippen molar-refractivity contribution in [2.24, 2.45) is 5.73 Å². The molecule has 4 aromatic rings. The first-order chi connectivity index (χ1) is 22.2. The zero-order valence-corrected chi connectivity index (χ0v) is 26.4. The van der Waals surface area contributed by atoms with Crippen LogP contribution in [-0.2, 0) is 30.3 Å². The molecule has 0 bridgehead atoms. The number of amides is 3. The summed E-state index contributed by atoms with van der Waals surface area (Å²) in [5, 5.41) is 12.8. The van der Waals surface area contributed by atoms with E-state index >= 15 is 0 Å². The minimum atomic E-state index is -0.950. The molecule has 0 aliphatic rings. The Labute approximate surface area is 269 Å². The molecule has 4 rings (SSSR count). The Bertz CT molecular complexity index is 1650. The number of unbranched alkanes of at least 4 members (excludes halogenated alkanes) is 1. The summed E-state index contributed by atoms with van der Waals surface area (Å²) in [6.07, 6.45) is 3.41. The molecular formula is C37H42N4O5. The van der Waals surface area contributed by atoms with E-state index in [-0.39, 0.29) is 18.7 Å². The third-order valence-corrected chi connectivity index (χ3v) is 7.93. The number of benzene rings is 4. The number of hydrogen-bond donors (Lipinski definition) is 4. The number of ether oxygens (including phenoxy) is 1. The SMILES string of the molecule is C=CC[C@H](NC(=O)[C@H](CCCCN)NC(=O)[C@H](Cc1ccc(-c2c3ccccc3cc3ccccc23)cc1)NC(C)=O)C(=O)OC. The van der Waals surface area contributed by atoms with Gasteiger partial charge in [-0.1, -0.05) is 78.9 Å². The van der Waals surface area contributed by atoms with E-state index in [2.05, 4.69) is 52.9 Å². The van der Waals surface area contributed by atoms with E-state index in [1.807, 2.05) is 48.5 Å². The summed E-state index contributed by atoms with van der Waals surface area (Å²) < 4.78 is 4.80. The third kappa shape index (κ3) is 8.57. The number of nitrogens with two attached hydrogens (primary N) is 1. The molecule has 0 radical (unpaired) electrons. The molecule has 9 heteroatoms. The number of hydrogen-bond acceptors (Lipinski definition) is 6. The molecule has 0 spiro atoms. The fourth-order valence-electron chi connectivity index (χ4n) is 5.65. The van der Waals surface area contributed by atoms with Crippen molar-refractivity contribution in [1.29, 1.82) is 0 Å². The van der Waals surface area contributed by atoms with Crippen molar-refractivity contribution in [2.45, 2.75) is 57.2 Å². The molecule has 0 saturated carbocycles. The van der Waals surface area contributed by atoms with Gasteiger partial charge in [0.1, 0.15) is 18.1 Å². The van der Waals surface area contributed by atoms with Crippen LogP contribution in [0.1, 0.15) is 38.2 Å². The molecule has 3 amide bonds. The lowest BCUT2D eigenvalue weighted by molar-refractivity contribution is -0.145. The number of fused-ring (bicyclic) bond motifs is 2. The molecule has 3 atom stereocenters. The molecule has 0 fully saturated rings. The van der Waals surface area contributed by atoms with Crippen LogP contribution in [0.2, 0.25) is 0 Å². The largest absolute Gasteiger partial charge is 0.467 e. The van der Waals surface area contributed by atoms with E-state index in [1.165, 1.54) is 20.1 Å². The number of esters is 1. The zero-order chi connectivity index (χ0) is 33.1. The first-order valence-electron chi connectivity index (χ1n) is 15.5. The number of carbonyl (C=O) groups is 4. The molecule has 46 heavy (non-hydrogen) atoms. The van der Waals surface area contributed by atoms with Gasteiger partial charge in [0.05, 0.1) is 7.11 Å². The summed E-state index contributed by atoms with van der Waals surface area (Å²) in [6.45, 7) is 5.41. The van der Waals surface area contributed by atoms with Crippen LogP contribution in [-0.4, -0.2) is 55.5 Å². The predicted molar refractivity (Wildman–Crippen MR) is 182 cm³/mol. The van der Waals surface area contributed by atoms with E-state index in [0.29, 0.717) is 25.8 Å². The molecule has 0 aliphatic carbocycles. The highest BCUT2D eigenvalue weighted by atomic mass is 16.5. The molecular weight excluding hydrogens is 580 g/mol. The maximum Gasteiger partial charge on any atom is 0.328 e. The Kier molecular flexibility index (Phi) is 12.0. The van der Waals surface area contributed by atoms with Crippen molar-refractivity contribution >= 4 is 45.2 Å². The summed E-state index contributed by atoms with van der Waals surface area (Å²) in [6, 6.07) is 23.9. The summed E-state index contributed by atoms with van der Waals surface area (Å²) in [5.74, 6) is -2.03. The summed E-state index contributed by atoms with van der Waals surface area (Å²) in [5.41, 5.74) is 8.65. The van der Waals surface area contributed by atoms with Crippen LogP contribution < -0.4 is 21.7 Å². The van der Waals surface area contributed by atoms with Gasteiger partial charge in [0, 0.05) is 13.3 Å². The van der Waals surface area contributed by atoms with Crippen molar-refractivity contribution in [3.05, 3.63) is 97.1 Å². The van der Waals surface area contributed by atoms with Crippen molar-refractivity contribution in [1.82, 2.24) is 16.0 Å². The molecule has 9 nitrogen and oxygen atoms in total. The Morgan fingerprint density at radius 3 is 1.96 bits per heavy atom. The van der Waals surface area contributed by atoms with Crippen LogP contribution in [0.5, 0.6) is 0 Å². The maximum absolute atomic E-state index is 13.6. The number of carbonyl (C=O) groups excluding carboxylic acids is 4. The van der Waals surface area contributed by atoms with E-state index < -0.39 is 35.9 Å². The third-order valence-electron chi connectivity index (χ3n) is 7.93. The van der Waals surface area contributed by atoms with E-state index in [1.54, 1.807) is 0 Å². The Morgan fingerprint density at radius 2 is 1.39 bits per heavy atom. The van der Waals surface area contributed by atoms with Gasteiger partial charge in [0.25, 0.3) is 0 Å². The van der Waals surface area contributed by atoms with Gasteiger partial charge >= 0.3 is 5.97 Å². The van der Waals surface area contributed by atoms with Gasteiger partial charge < -0.3 is 26.4 Å².